The molecule has 1 atom stereocenters. The van der Waals surface area contributed by atoms with Crippen LogP contribution in [0.25, 0.3) is 0 Å². The molecule has 1 amide bonds. The molecule has 4 nitrogen and oxygen atoms in total. The van der Waals surface area contributed by atoms with E-state index in [4.69, 9.17) is 18.0 Å². The number of halogens is 1. The fourth-order valence-corrected chi connectivity index (χ4v) is 2.89. The number of piperidine rings is 1. The summed E-state index contributed by atoms with van der Waals surface area (Å²) in [6, 6.07) is 4.83. The predicted molar refractivity (Wildman–Crippen MR) is 84.4 cm³/mol. The molecule has 0 bridgehead atoms. The maximum absolute atomic E-state index is 13.6. The topological polar surface area (TPSA) is 58.4 Å². The number of nitrogens with one attached hydrogen (secondary N) is 1. The molecule has 0 radical (unpaired) electrons. The van der Waals surface area contributed by atoms with Crippen molar-refractivity contribution in [1.82, 2.24) is 10.2 Å². The molecule has 2 rings (SSSR count). The molecular formula is C15H20FN3OS. The molecule has 1 saturated heterocycles. The molecule has 1 fully saturated rings. The Morgan fingerprint density at radius 3 is 3.00 bits per heavy atom. The Balaban J connectivity index is 2.06. The highest BCUT2D eigenvalue weighted by Gasteiger charge is 2.25. The van der Waals surface area contributed by atoms with E-state index in [1.807, 2.05) is 0 Å². The fraction of sp³-hybridized carbons (Fsp3) is 0.467. The van der Waals surface area contributed by atoms with Crippen LogP contribution >= 0.6 is 12.2 Å². The van der Waals surface area contributed by atoms with Crippen molar-refractivity contribution in [3.05, 3.63) is 35.1 Å². The molecule has 1 heterocycles. The molecule has 1 aliphatic rings. The van der Waals surface area contributed by atoms with Gasteiger partial charge in [0.05, 0.1) is 5.92 Å². The summed E-state index contributed by atoms with van der Waals surface area (Å²) in [5, 5.41) is 2.70. The number of likely N-dealkylation sites (tertiary alicyclic amines) is 1. The van der Waals surface area contributed by atoms with Crippen LogP contribution in [0.2, 0.25) is 0 Å². The zero-order chi connectivity index (χ0) is 15.4. The van der Waals surface area contributed by atoms with Crippen LogP contribution in [0, 0.1) is 11.7 Å². The summed E-state index contributed by atoms with van der Waals surface area (Å²) in [6.45, 7) is 2.33. The lowest BCUT2D eigenvalue weighted by molar-refractivity contribution is -0.126. The van der Waals surface area contributed by atoms with Gasteiger partial charge in [0, 0.05) is 25.7 Å². The summed E-state index contributed by atoms with van der Waals surface area (Å²) in [6.07, 6.45) is 1.90. The number of carbonyl (C=O) groups is 1. The van der Waals surface area contributed by atoms with Gasteiger partial charge in [-0.3, -0.25) is 9.69 Å². The number of nitrogens with zero attached hydrogens (tertiary/aromatic N) is 1. The second kappa shape index (κ2) is 6.95. The molecule has 114 valence electrons. The van der Waals surface area contributed by atoms with Crippen LogP contribution in [0.15, 0.2) is 18.2 Å². The molecule has 0 aliphatic carbocycles. The first-order valence-corrected chi connectivity index (χ1v) is 7.44. The molecule has 1 unspecified atom stereocenters. The summed E-state index contributed by atoms with van der Waals surface area (Å²) < 4.78 is 13.6. The molecule has 6 heteroatoms. The Bertz CT molecular complexity index is 550. The van der Waals surface area contributed by atoms with Crippen molar-refractivity contribution in [1.29, 1.82) is 0 Å². The van der Waals surface area contributed by atoms with Crippen molar-refractivity contribution >= 4 is 23.1 Å². The summed E-state index contributed by atoms with van der Waals surface area (Å²) >= 11 is 4.85. The van der Waals surface area contributed by atoms with Crippen molar-refractivity contribution in [3.8, 4) is 0 Å². The first-order valence-electron chi connectivity index (χ1n) is 7.03. The van der Waals surface area contributed by atoms with Gasteiger partial charge in [0.15, 0.2) is 0 Å². The molecule has 1 aliphatic heterocycles. The Labute approximate surface area is 129 Å². The average molecular weight is 309 g/mol. The number of carbonyl (C=O) groups excluding carboxylic acids is 1. The van der Waals surface area contributed by atoms with E-state index in [0.29, 0.717) is 6.54 Å². The van der Waals surface area contributed by atoms with Gasteiger partial charge in [-0.15, -0.1) is 0 Å². The SMILES string of the molecule is CNC(=O)C1CCCN(Cc2ccc(F)c(C(N)=S)c2)C1. The number of amides is 1. The van der Waals surface area contributed by atoms with Crippen molar-refractivity contribution < 1.29 is 9.18 Å². The van der Waals surface area contributed by atoms with Crippen molar-refractivity contribution in [3.63, 3.8) is 0 Å². The highest BCUT2D eigenvalue weighted by Crippen LogP contribution is 2.20. The highest BCUT2D eigenvalue weighted by atomic mass is 32.1. The maximum atomic E-state index is 13.6. The molecule has 3 N–H and O–H groups in total. The Kier molecular flexibility index (Phi) is 5.25. The average Bonchev–Trinajstić information content (AvgIpc) is 2.48. The number of thiocarbonyl (C=S) groups is 1. The van der Waals surface area contributed by atoms with E-state index in [9.17, 15) is 9.18 Å². The van der Waals surface area contributed by atoms with Crippen molar-refractivity contribution in [2.45, 2.75) is 19.4 Å². The lowest BCUT2D eigenvalue weighted by atomic mass is 9.96. The number of rotatable bonds is 4. The lowest BCUT2D eigenvalue weighted by Crippen LogP contribution is -2.41. The van der Waals surface area contributed by atoms with Gasteiger partial charge < -0.3 is 11.1 Å². The predicted octanol–water partition coefficient (Wildman–Crippen LogP) is 1.42. The van der Waals surface area contributed by atoms with Gasteiger partial charge in [0.1, 0.15) is 10.8 Å². The summed E-state index contributed by atoms with van der Waals surface area (Å²) in [7, 11) is 1.66. The van der Waals surface area contributed by atoms with Gasteiger partial charge in [0.2, 0.25) is 5.91 Å². The standard InChI is InChI=1S/C15H20FN3OS/c1-18-15(20)11-3-2-6-19(9-11)8-10-4-5-13(16)12(7-10)14(17)21/h4-5,7,11H,2-3,6,8-9H2,1H3,(H2,17,21)(H,18,20). The second-order valence-electron chi connectivity index (χ2n) is 5.37. The molecular weight excluding hydrogens is 289 g/mol. The third kappa shape index (κ3) is 3.98. The Hall–Kier alpha value is -1.53. The van der Waals surface area contributed by atoms with Gasteiger partial charge in [0.25, 0.3) is 0 Å². The quantitative estimate of drug-likeness (QED) is 0.826. The Morgan fingerprint density at radius 1 is 1.57 bits per heavy atom. The number of hydrogen-bond donors (Lipinski definition) is 2. The van der Waals surface area contributed by atoms with Crippen LogP contribution in [-0.2, 0) is 11.3 Å². The van der Waals surface area contributed by atoms with Crippen LogP contribution in [0.1, 0.15) is 24.0 Å². The van der Waals surface area contributed by atoms with E-state index in [1.165, 1.54) is 6.07 Å². The van der Waals surface area contributed by atoms with E-state index < -0.39 is 5.82 Å². The Morgan fingerprint density at radius 2 is 2.33 bits per heavy atom. The van der Waals surface area contributed by atoms with Gasteiger partial charge in [-0.2, -0.15) is 0 Å². The molecule has 0 spiro atoms. The first-order chi connectivity index (χ1) is 10.0. The summed E-state index contributed by atoms with van der Waals surface area (Å²) in [5.41, 5.74) is 6.76. The van der Waals surface area contributed by atoms with Gasteiger partial charge >= 0.3 is 0 Å². The number of nitrogens with two attached hydrogens (primary N) is 1. The molecule has 1 aromatic carbocycles. The fourth-order valence-electron chi connectivity index (χ4n) is 2.74. The first kappa shape index (κ1) is 15.9. The van der Waals surface area contributed by atoms with Crippen LogP contribution in [0.3, 0.4) is 0 Å². The number of hydrogen-bond acceptors (Lipinski definition) is 3. The van der Waals surface area contributed by atoms with E-state index >= 15 is 0 Å². The van der Waals surface area contributed by atoms with Crippen LogP contribution in [0.4, 0.5) is 4.39 Å². The third-order valence-electron chi connectivity index (χ3n) is 3.83. The zero-order valence-electron chi connectivity index (χ0n) is 12.1. The zero-order valence-corrected chi connectivity index (χ0v) is 12.9. The van der Waals surface area contributed by atoms with Gasteiger partial charge in [-0.1, -0.05) is 18.3 Å². The normalized spacial score (nSPS) is 19.2. The van der Waals surface area contributed by atoms with E-state index in [-0.39, 0.29) is 22.4 Å². The van der Waals surface area contributed by atoms with Crippen molar-refractivity contribution in [2.75, 3.05) is 20.1 Å². The molecule has 21 heavy (non-hydrogen) atoms. The van der Waals surface area contributed by atoms with E-state index in [0.717, 1.165) is 31.5 Å². The van der Waals surface area contributed by atoms with Gasteiger partial charge in [-0.25, -0.2) is 4.39 Å². The highest BCUT2D eigenvalue weighted by molar-refractivity contribution is 7.80. The lowest BCUT2D eigenvalue weighted by Gasteiger charge is -2.31. The monoisotopic (exact) mass is 309 g/mol. The van der Waals surface area contributed by atoms with Crippen LogP contribution < -0.4 is 11.1 Å². The van der Waals surface area contributed by atoms with Gasteiger partial charge in [-0.05, 0) is 37.1 Å². The molecule has 0 aromatic heterocycles. The smallest absolute Gasteiger partial charge is 0.224 e. The van der Waals surface area contributed by atoms with Crippen molar-refractivity contribution in [2.24, 2.45) is 11.7 Å². The third-order valence-corrected chi connectivity index (χ3v) is 4.05. The minimum atomic E-state index is -0.395. The maximum Gasteiger partial charge on any atom is 0.224 e. The minimum Gasteiger partial charge on any atom is -0.389 e. The second-order valence-corrected chi connectivity index (χ2v) is 5.81. The van der Waals surface area contributed by atoms with E-state index in [1.54, 1.807) is 19.2 Å². The number of benzene rings is 1. The van der Waals surface area contributed by atoms with Crippen LogP contribution in [-0.4, -0.2) is 35.9 Å². The molecule has 0 saturated carbocycles. The van der Waals surface area contributed by atoms with E-state index in [2.05, 4.69) is 10.2 Å². The molecule has 1 aromatic rings. The van der Waals surface area contributed by atoms with Crippen LogP contribution in [0.5, 0.6) is 0 Å². The minimum absolute atomic E-state index is 0.0271. The summed E-state index contributed by atoms with van der Waals surface area (Å²) in [4.78, 5) is 14.0. The summed E-state index contributed by atoms with van der Waals surface area (Å²) in [5.74, 6) is -0.282. The largest absolute Gasteiger partial charge is 0.389 e.